The van der Waals surface area contributed by atoms with E-state index in [-0.39, 0.29) is 30.0 Å². The Kier molecular flexibility index (Phi) is 3.10. The zero-order valence-electron chi connectivity index (χ0n) is 12.7. The fourth-order valence-electron chi connectivity index (χ4n) is 4.89. The molecule has 22 heavy (non-hydrogen) atoms. The second kappa shape index (κ2) is 4.62. The third-order valence-electron chi connectivity index (χ3n) is 6.17. The Balaban J connectivity index is 1.66. The molecule has 3 saturated heterocycles. The number of halogens is 1. The molecule has 2 unspecified atom stereocenters. The van der Waals surface area contributed by atoms with E-state index in [0.717, 1.165) is 25.0 Å². The van der Waals surface area contributed by atoms with Crippen LogP contribution < -0.4 is 5.32 Å². The highest BCUT2D eigenvalue weighted by Gasteiger charge is 2.78. The first-order chi connectivity index (χ1) is 10.5. The van der Waals surface area contributed by atoms with Crippen LogP contribution in [0.25, 0.3) is 0 Å². The third-order valence-corrected chi connectivity index (χ3v) is 6.39. The molecular weight excluding hydrogens is 306 g/mol. The Morgan fingerprint density at radius 1 is 1.55 bits per heavy atom. The highest BCUT2D eigenvalue weighted by molar-refractivity contribution is 6.17. The summed E-state index contributed by atoms with van der Waals surface area (Å²) in [6, 6.07) is 0. The Hall–Kier alpha value is -0.780. The van der Waals surface area contributed by atoms with Crippen LogP contribution in [0.2, 0.25) is 0 Å². The average Bonchev–Trinajstić information content (AvgIpc) is 3.25. The summed E-state index contributed by atoms with van der Waals surface area (Å²) in [7, 11) is 0. The summed E-state index contributed by atoms with van der Waals surface area (Å²) < 4.78 is 11.2. The number of hydrogen-bond acceptors (Lipinski definition) is 5. The number of aliphatic hydroxyl groups is 1. The highest BCUT2D eigenvalue weighted by atomic mass is 35.5. The van der Waals surface area contributed by atoms with E-state index in [0.29, 0.717) is 12.3 Å². The zero-order valence-corrected chi connectivity index (χ0v) is 13.4. The second-order valence-electron chi connectivity index (χ2n) is 7.16. The number of esters is 1. The second-order valence-corrected chi connectivity index (χ2v) is 7.54. The fraction of sp³-hybridized carbons (Fsp3) is 0.812. The van der Waals surface area contributed by atoms with Crippen molar-refractivity contribution in [1.82, 2.24) is 5.32 Å². The van der Waals surface area contributed by atoms with Crippen molar-refractivity contribution in [1.29, 1.82) is 0 Å². The number of ether oxygens (including phenoxy) is 2. The van der Waals surface area contributed by atoms with E-state index in [1.165, 1.54) is 0 Å². The molecule has 0 bridgehead atoms. The molecule has 3 aliphatic heterocycles. The summed E-state index contributed by atoms with van der Waals surface area (Å²) in [5.41, 5.74) is -1.14. The average molecular weight is 328 g/mol. The molecule has 1 saturated carbocycles. The molecule has 0 aromatic rings. The van der Waals surface area contributed by atoms with Crippen molar-refractivity contribution in [3.8, 4) is 0 Å². The SMILES string of the molecule is C=C1N[C@@]2([C@@H](O)[C@H]3CCCC4OC43)C(=O)O[C@@]2(C)[C@H]1CCCl. The summed E-state index contributed by atoms with van der Waals surface area (Å²) in [6.07, 6.45) is 3.13. The van der Waals surface area contributed by atoms with E-state index >= 15 is 0 Å². The van der Waals surface area contributed by atoms with Gasteiger partial charge in [-0.2, -0.15) is 0 Å². The van der Waals surface area contributed by atoms with E-state index < -0.39 is 17.2 Å². The maximum atomic E-state index is 12.4. The van der Waals surface area contributed by atoms with Gasteiger partial charge >= 0.3 is 5.97 Å². The van der Waals surface area contributed by atoms with Crippen molar-refractivity contribution in [2.75, 3.05) is 5.88 Å². The van der Waals surface area contributed by atoms with Gasteiger partial charge in [0.25, 0.3) is 0 Å². The molecule has 4 fully saturated rings. The highest BCUT2D eigenvalue weighted by Crippen LogP contribution is 2.57. The molecular formula is C16H22ClNO4. The molecule has 6 heteroatoms. The molecule has 122 valence electrons. The van der Waals surface area contributed by atoms with Crippen molar-refractivity contribution in [3.63, 3.8) is 0 Å². The Morgan fingerprint density at radius 3 is 3.00 bits per heavy atom. The van der Waals surface area contributed by atoms with Gasteiger partial charge in [0.05, 0.1) is 18.3 Å². The first kappa shape index (κ1) is 14.8. The van der Waals surface area contributed by atoms with Gasteiger partial charge in [-0.1, -0.05) is 13.0 Å². The number of hydrogen-bond donors (Lipinski definition) is 2. The molecule has 0 aromatic heterocycles. The van der Waals surface area contributed by atoms with Gasteiger partial charge in [-0.05, 0) is 26.2 Å². The third kappa shape index (κ3) is 1.60. The predicted molar refractivity (Wildman–Crippen MR) is 80.3 cm³/mol. The molecule has 7 atom stereocenters. The summed E-state index contributed by atoms with van der Waals surface area (Å²) in [4.78, 5) is 12.4. The molecule has 1 aliphatic carbocycles. The van der Waals surface area contributed by atoms with Gasteiger partial charge in [0.2, 0.25) is 5.54 Å². The van der Waals surface area contributed by atoms with Crippen LogP contribution in [0.15, 0.2) is 12.3 Å². The maximum absolute atomic E-state index is 12.4. The lowest BCUT2D eigenvalue weighted by Gasteiger charge is -2.55. The van der Waals surface area contributed by atoms with Crippen molar-refractivity contribution in [2.45, 2.75) is 62.1 Å². The van der Waals surface area contributed by atoms with Crippen LogP contribution in [-0.2, 0) is 14.3 Å². The van der Waals surface area contributed by atoms with Crippen molar-refractivity contribution in [2.24, 2.45) is 11.8 Å². The minimum Gasteiger partial charge on any atom is -0.453 e. The lowest BCUT2D eigenvalue weighted by Crippen LogP contribution is -2.80. The molecule has 2 N–H and O–H groups in total. The van der Waals surface area contributed by atoms with Gasteiger partial charge in [-0.15, -0.1) is 11.6 Å². The van der Waals surface area contributed by atoms with Crippen LogP contribution in [0, 0.1) is 11.8 Å². The molecule has 4 rings (SSSR count). The molecule has 0 aromatic carbocycles. The standard InChI is InChI=1S/C16H22ClNO4/c1-8-10(6-7-17)15(2)16(18-8,14(20)22-15)13(19)9-4-3-5-11-12(9)21-11/h9-13,18-19H,1,3-7H2,2H3/t9-,10-,11?,12?,13-,15-,16-/m0/s1. The Morgan fingerprint density at radius 2 is 2.32 bits per heavy atom. The van der Waals surface area contributed by atoms with E-state index in [9.17, 15) is 9.90 Å². The number of nitrogens with one attached hydrogen (secondary N) is 1. The van der Waals surface area contributed by atoms with Crippen LogP contribution >= 0.6 is 11.6 Å². The number of carbonyl (C=O) groups excluding carboxylic acids is 1. The first-order valence-electron chi connectivity index (χ1n) is 8.05. The van der Waals surface area contributed by atoms with E-state index in [1.54, 1.807) is 0 Å². The van der Waals surface area contributed by atoms with Crippen molar-refractivity contribution >= 4 is 17.6 Å². The maximum Gasteiger partial charge on any atom is 0.339 e. The molecule has 0 spiro atoms. The molecule has 4 aliphatic rings. The predicted octanol–water partition coefficient (Wildman–Crippen LogP) is 1.33. The molecule has 5 nitrogen and oxygen atoms in total. The van der Waals surface area contributed by atoms with Crippen molar-refractivity contribution in [3.05, 3.63) is 12.3 Å². The fourth-order valence-corrected chi connectivity index (χ4v) is 5.11. The lowest BCUT2D eigenvalue weighted by molar-refractivity contribution is -0.240. The smallest absolute Gasteiger partial charge is 0.339 e. The number of fused-ring (bicyclic) bond motifs is 2. The van der Waals surface area contributed by atoms with Gasteiger partial charge in [0, 0.05) is 23.4 Å². The number of aliphatic hydroxyl groups excluding tert-OH is 1. The minimum absolute atomic E-state index is 0.0269. The number of carbonyl (C=O) groups is 1. The van der Waals surface area contributed by atoms with Crippen LogP contribution in [0.1, 0.15) is 32.6 Å². The number of alkyl halides is 1. The lowest BCUT2D eigenvalue weighted by atomic mass is 9.63. The van der Waals surface area contributed by atoms with Crippen molar-refractivity contribution < 1.29 is 19.4 Å². The van der Waals surface area contributed by atoms with Gasteiger partial charge in [-0.25, -0.2) is 4.79 Å². The minimum atomic E-state index is -1.10. The summed E-state index contributed by atoms with van der Waals surface area (Å²) in [5, 5.41) is 14.3. The monoisotopic (exact) mass is 327 g/mol. The zero-order chi connectivity index (χ0) is 15.7. The van der Waals surface area contributed by atoms with Gasteiger partial charge in [-0.3, -0.25) is 0 Å². The normalized spacial score (nSPS) is 50.3. The van der Waals surface area contributed by atoms with Gasteiger partial charge < -0.3 is 19.9 Å². The summed E-state index contributed by atoms with van der Waals surface area (Å²) >= 11 is 5.89. The Labute approximate surface area is 135 Å². The van der Waals surface area contributed by atoms with E-state index in [2.05, 4.69) is 11.9 Å². The first-order valence-corrected chi connectivity index (χ1v) is 8.59. The summed E-state index contributed by atoms with van der Waals surface area (Å²) in [6.45, 7) is 5.92. The van der Waals surface area contributed by atoms with Crippen LogP contribution in [0.5, 0.6) is 0 Å². The number of epoxide rings is 1. The molecule has 0 amide bonds. The largest absolute Gasteiger partial charge is 0.453 e. The summed E-state index contributed by atoms with van der Waals surface area (Å²) in [5.74, 6) is -0.0246. The quantitative estimate of drug-likeness (QED) is 0.463. The molecule has 0 radical (unpaired) electrons. The van der Waals surface area contributed by atoms with E-state index in [4.69, 9.17) is 21.1 Å². The van der Waals surface area contributed by atoms with Gasteiger partial charge in [0.1, 0.15) is 0 Å². The van der Waals surface area contributed by atoms with Crippen LogP contribution in [0.3, 0.4) is 0 Å². The van der Waals surface area contributed by atoms with Gasteiger partial charge in [0.15, 0.2) is 5.60 Å². The molecule has 3 heterocycles. The Bertz CT molecular complexity index is 540. The number of rotatable bonds is 4. The van der Waals surface area contributed by atoms with Crippen LogP contribution in [0.4, 0.5) is 0 Å². The van der Waals surface area contributed by atoms with E-state index in [1.807, 2.05) is 6.92 Å². The topological polar surface area (TPSA) is 71.1 Å². The van der Waals surface area contributed by atoms with Crippen LogP contribution in [-0.4, -0.2) is 46.4 Å².